The second-order valence-corrected chi connectivity index (χ2v) is 9.67. The van der Waals surface area contributed by atoms with Crippen molar-refractivity contribution in [3.63, 3.8) is 0 Å². The third kappa shape index (κ3) is 3.72. The first-order chi connectivity index (χ1) is 17.1. The van der Waals surface area contributed by atoms with E-state index in [2.05, 4.69) is 32.6 Å². The number of anilines is 1. The fraction of sp³-hybridized carbons (Fsp3) is 0.269. The number of nitrogens with two attached hydrogens (primary N) is 1. The fourth-order valence-electron chi connectivity index (χ4n) is 4.99. The van der Waals surface area contributed by atoms with E-state index in [9.17, 15) is 5.11 Å². The topological polar surface area (TPSA) is 104 Å². The second kappa shape index (κ2) is 8.74. The van der Waals surface area contributed by atoms with Gasteiger partial charge in [-0.1, -0.05) is 18.2 Å². The number of aromatic nitrogens is 4. The van der Waals surface area contributed by atoms with Crippen LogP contribution < -0.4 is 10.5 Å². The monoisotopic (exact) mass is 487 g/mol. The van der Waals surface area contributed by atoms with E-state index >= 15 is 0 Å². The average molecular weight is 488 g/mol. The highest BCUT2D eigenvalue weighted by molar-refractivity contribution is 7.12. The van der Waals surface area contributed by atoms with E-state index < -0.39 is 0 Å². The number of para-hydroxylation sites is 1. The van der Waals surface area contributed by atoms with Gasteiger partial charge in [0.15, 0.2) is 4.88 Å². The number of fused-ring (bicyclic) bond motifs is 2. The van der Waals surface area contributed by atoms with Crippen molar-refractivity contribution in [2.45, 2.75) is 25.7 Å². The number of aliphatic hydroxyl groups is 1. The lowest BCUT2D eigenvalue weighted by molar-refractivity contribution is -0.545. The van der Waals surface area contributed by atoms with Crippen molar-refractivity contribution >= 4 is 39.5 Å². The van der Waals surface area contributed by atoms with Crippen molar-refractivity contribution in [3.05, 3.63) is 64.9 Å². The Hall–Kier alpha value is -3.85. The quantitative estimate of drug-likeness (QED) is 0.244. The minimum atomic E-state index is 0.237. The number of imidazole rings is 1. The van der Waals surface area contributed by atoms with Crippen LogP contribution in [0.3, 0.4) is 0 Å². The number of aromatic amines is 1. The van der Waals surface area contributed by atoms with Gasteiger partial charge in [-0.15, -0.1) is 11.3 Å². The van der Waals surface area contributed by atoms with Crippen LogP contribution in [0.25, 0.3) is 27.8 Å². The van der Waals surface area contributed by atoms with Gasteiger partial charge in [-0.05, 0) is 30.5 Å². The van der Waals surface area contributed by atoms with Crippen LogP contribution in [0.2, 0.25) is 0 Å². The highest BCUT2D eigenvalue weighted by Crippen LogP contribution is 2.35. The summed E-state index contributed by atoms with van der Waals surface area (Å²) in [6.45, 7) is 3.99. The Kier molecular flexibility index (Phi) is 5.41. The summed E-state index contributed by atoms with van der Waals surface area (Å²) in [6.07, 6.45) is 5.40. The normalized spacial score (nSPS) is 16.3. The molecule has 4 N–H and O–H groups in total. The lowest BCUT2D eigenvalue weighted by Crippen LogP contribution is -2.31. The number of nitrogen functional groups attached to an aromatic ring is 1. The maximum absolute atomic E-state index is 11.0. The number of hydrogen-bond acceptors (Lipinski definition) is 5. The van der Waals surface area contributed by atoms with E-state index in [1.165, 1.54) is 11.3 Å². The zero-order chi connectivity index (χ0) is 23.9. The predicted octanol–water partition coefficient (Wildman–Crippen LogP) is 4.81. The number of nitrogens with one attached hydrogen (secondary N) is 1. The van der Waals surface area contributed by atoms with E-state index in [0.717, 1.165) is 70.2 Å². The first-order valence-electron chi connectivity index (χ1n) is 11.9. The number of hydrogen-bond donors (Lipinski definition) is 3. The minimum Gasteiger partial charge on any atom is -0.492 e. The number of H-pyrrole nitrogens is 1. The zero-order valence-electron chi connectivity index (χ0n) is 19.4. The first kappa shape index (κ1) is 21.7. The molecule has 1 aromatic carbocycles. The number of nitrogens with zero attached hydrogens (tertiary/aromatic N) is 4. The molecular formula is C26H27N6O2S+. The number of piperidine rings is 1. The molecule has 1 saturated heterocycles. The summed E-state index contributed by atoms with van der Waals surface area (Å²) in [5.74, 6) is 2.71. The third-order valence-corrected chi connectivity index (χ3v) is 7.58. The van der Waals surface area contributed by atoms with Crippen molar-refractivity contribution in [1.82, 2.24) is 19.4 Å². The van der Waals surface area contributed by atoms with Gasteiger partial charge in [0.2, 0.25) is 0 Å². The molecular weight excluding hydrogens is 460 g/mol. The van der Waals surface area contributed by atoms with E-state index in [1.54, 1.807) is 6.20 Å². The van der Waals surface area contributed by atoms with Gasteiger partial charge in [0.05, 0.1) is 12.3 Å². The summed E-state index contributed by atoms with van der Waals surface area (Å²) in [5.41, 5.74) is 9.98. The Balaban J connectivity index is 1.34. The number of ether oxygens (including phenoxy) is 1. The highest BCUT2D eigenvalue weighted by atomic mass is 32.1. The Labute approximate surface area is 206 Å². The fourth-order valence-corrected chi connectivity index (χ4v) is 5.79. The number of benzene rings is 1. The molecule has 6 rings (SSSR count). The van der Waals surface area contributed by atoms with Gasteiger partial charge < -0.3 is 20.6 Å². The van der Waals surface area contributed by atoms with Gasteiger partial charge in [-0.2, -0.15) is 4.58 Å². The molecule has 178 valence electrons. The lowest BCUT2D eigenvalue weighted by atomic mass is 9.96. The van der Waals surface area contributed by atoms with Crippen LogP contribution >= 0.6 is 11.3 Å². The summed E-state index contributed by atoms with van der Waals surface area (Å²) in [5, 5.41) is 14.0. The van der Waals surface area contributed by atoms with Crippen molar-refractivity contribution < 1.29 is 14.4 Å². The Morgan fingerprint density at radius 2 is 2.11 bits per heavy atom. The molecule has 0 spiro atoms. The molecule has 0 amide bonds. The highest BCUT2D eigenvalue weighted by Gasteiger charge is 2.31. The first-order valence-corrected chi connectivity index (χ1v) is 12.7. The van der Waals surface area contributed by atoms with Crippen LogP contribution in [0, 0.1) is 0 Å². The SMILES string of the molecule is CCOc1ccsc1C(O)=[N+]1CCC(c2nc(-c3cc4ccccc4[nH]3)c3c(N)nccn23)CC1. The molecule has 0 unspecified atom stereocenters. The van der Waals surface area contributed by atoms with Crippen molar-refractivity contribution in [2.24, 2.45) is 0 Å². The number of aliphatic hydroxyl groups excluding tert-OH is 1. The molecule has 9 heteroatoms. The van der Waals surface area contributed by atoms with Crippen LogP contribution in [0.5, 0.6) is 5.75 Å². The van der Waals surface area contributed by atoms with Crippen LogP contribution in [-0.4, -0.2) is 54.6 Å². The molecule has 1 aliphatic rings. The molecule has 5 aromatic rings. The van der Waals surface area contributed by atoms with Crippen molar-refractivity contribution in [2.75, 3.05) is 25.4 Å². The maximum Gasteiger partial charge on any atom is 0.381 e. The van der Waals surface area contributed by atoms with Crippen LogP contribution in [0.1, 0.15) is 36.4 Å². The van der Waals surface area contributed by atoms with E-state index in [4.69, 9.17) is 15.5 Å². The summed E-state index contributed by atoms with van der Waals surface area (Å²) < 4.78 is 9.79. The van der Waals surface area contributed by atoms with E-state index in [-0.39, 0.29) is 5.92 Å². The molecule has 5 heterocycles. The van der Waals surface area contributed by atoms with Gasteiger partial charge in [-0.25, -0.2) is 9.97 Å². The lowest BCUT2D eigenvalue weighted by Gasteiger charge is -2.20. The number of rotatable bonds is 5. The Morgan fingerprint density at radius 3 is 2.91 bits per heavy atom. The molecule has 0 atom stereocenters. The molecule has 1 aliphatic heterocycles. The average Bonchev–Trinajstić information content (AvgIpc) is 3.61. The molecule has 8 nitrogen and oxygen atoms in total. The molecule has 35 heavy (non-hydrogen) atoms. The molecule has 1 fully saturated rings. The van der Waals surface area contributed by atoms with Crippen molar-refractivity contribution in [3.8, 4) is 17.1 Å². The van der Waals surface area contributed by atoms with Gasteiger partial charge in [-0.3, -0.25) is 4.40 Å². The molecule has 0 bridgehead atoms. The smallest absolute Gasteiger partial charge is 0.381 e. The summed E-state index contributed by atoms with van der Waals surface area (Å²) in [7, 11) is 0. The van der Waals surface area contributed by atoms with E-state index in [1.807, 2.05) is 41.3 Å². The zero-order valence-corrected chi connectivity index (χ0v) is 20.3. The maximum atomic E-state index is 11.0. The predicted molar refractivity (Wildman–Crippen MR) is 139 cm³/mol. The second-order valence-electron chi connectivity index (χ2n) is 8.75. The molecule has 0 saturated carbocycles. The largest absolute Gasteiger partial charge is 0.492 e. The van der Waals surface area contributed by atoms with Crippen LogP contribution in [0.4, 0.5) is 5.82 Å². The number of thiophene rings is 1. The van der Waals surface area contributed by atoms with Crippen molar-refractivity contribution in [1.29, 1.82) is 0 Å². The van der Waals surface area contributed by atoms with Crippen LogP contribution in [0.15, 0.2) is 54.2 Å². The molecule has 4 aromatic heterocycles. The van der Waals surface area contributed by atoms with Gasteiger partial charge in [0, 0.05) is 42.1 Å². The summed E-state index contributed by atoms with van der Waals surface area (Å²) in [6, 6.07) is 12.2. The molecule has 0 aliphatic carbocycles. The third-order valence-electron chi connectivity index (χ3n) is 6.69. The standard InChI is InChI=1S/C26H26N6O2S/c1-2-34-20-9-14-35-23(20)26(33)31-11-7-16(8-12-31)25-30-21(22-24(27)28-10-13-32(22)25)19-15-17-5-3-4-6-18(17)29-19/h3-6,9-10,13-16H,2,7-8,11-12H2,1H3,(H3,27,28,29)/p+1. The minimum absolute atomic E-state index is 0.237. The Morgan fingerprint density at radius 1 is 1.29 bits per heavy atom. The van der Waals surface area contributed by atoms with Gasteiger partial charge in [0.25, 0.3) is 0 Å². The van der Waals surface area contributed by atoms with Gasteiger partial charge >= 0.3 is 5.90 Å². The van der Waals surface area contributed by atoms with Crippen LogP contribution in [-0.2, 0) is 0 Å². The summed E-state index contributed by atoms with van der Waals surface area (Å²) >= 11 is 1.50. The Bertz CT molecular complexity index is 1520. The molecule has 0 radical (unpaired) electrons. The van der Waals surface area contributed by atoms with E-state index in [0.29, 0.717) is 18.3 Å². The summed E-state index contributed by atoms with van der Waals surface area (Å²) in [4.78, 5) is 13.7. The van der Waals surface area contributed by atoms with Gasteiger partial charge in [0.1, 0.15) is 41.7 Å².